The van der Waals surface area contributed by atoms with E-state index in [0.29, 0.717) is 40.5 Å². The molecule has 0 aromatic carbocycles. The van der Waals surface area contributed by atoms with Gasteiger partial charge in [-0.15, -0.1) is 0 Å². The molecule has 9 heteroatoms. The highest BCUT2D eigenvalue weighted by atomic mass is 16.7. The SMILES string of the molecule is COC(C[C@@H](C)[C@H]1C[C@H](O)C2(C)C3CC[C@H]4C(C)(C)C(OC5CN(C6COC6)CCO5)CCC45CC35CCC12C)C1NC(=O)OC1(C)C. The lowest BCUT2D eigenvalue weighted by Crippen LogP contribution is -2.60. The molecule has 3 heterocycles. The molecule has 3 aliphatic heterocycles. The van der Waals surface area contributed by atoms with Gasteiger partial charge in [0.05, 0.1) is 56.8 Å². The zero-order valence-corrected chi connectivity index (χ0v) is 31.0. The van der Waals surface area contributed by atoms with Crippen LogP contribution in [-0.4, -0.2) is 98.4 Å². The molecule has 2 N–H and O–H groups in total. The number of methoxy groups -OCH3 is 1. The average molecular weight is 673 g/mol. The van der Waals surface area contributed by atoms with E-state index in [9.17, 15) is 9.90 Å². The molecule has 3 saturated heterocycles. The topological polar surface area (TPSA) is 98.7 Å². The highest BCUT2D eigenvalue weighted by Gasteiger charge is 2.83. The zero-order valence-electron chi connectivity index (χ0n) is 31.0. The Morgan fingerprint density at radius 1 is 1.02 bits per heavy atom. The van der Waals surface area contributed by atoms with Gasteiger partial charge in [-0.1, -0.05) is 34.6 Å². The molecule has 0 aromatic rings. The van der Waals surface area contributed by atoms with Crippen molar-refractivity contribution in [2.75, 3.05) is 40.0 Å². The predicted octanol–water partition coefficient (Wildman–Crippen LogP) is 5.77. The minimum atomic E-state index is -0.617. The van der Waals surface area contributed by atoms with E-state index < -0.39 is 5.60 Å². The predicted molar refractivity (Wildman–Crippen MR) is 181 cm³/mol. The second-order valence-corrected chi connectivity index (χ2v) is 19.3. The fourth-order valence-corrected chi connectivity index (χ4v) is 14.2. The lowest BCUT2D eigenvalue weighted by Gasteiger charge is -2.64. The van der Waals surface area contributed by atoms with E-state index >= 15 is 0 Å². The molecule has 8 fully saturated rings. The lowest BCUT2D eigenvalue weighted by atomic mass is 9.41. The van der Waals surface area contributed by atoms with Gasteiger partial charge in [0.1, 0.15) is 5.60 Å². The summed E-state index contributed by atoms with van der Waals surface area (Å²) < 4.78 is 30.2. The Labute approximate surface area is 288 Å². The first-order valence-corrected chi connectivity index (χ1v) is 19.4. The van der Waals surface area contributed by atoms with Gasteiger partial charge in [-0.3, -0.25) is 4.90 Å². The van der Waals surface area contributed by atoms with Gasteiger partial charge in [0.15, 0.2) is 6.29 Å². The van der Waals surface area contributed by atoms with E-state index in [1.807, 2.05) is 13.8 Å². The molecule has 8 rings (SSSR count). The molecule has 0 aromatic heterocycles. The number of carbonyl (C=O) groups excluding carboxylic acids is 1. The van der Waals surface area contributed by atoms with Crippen molar-refractivity contribution in [3.8, 4) is 0 Å². The second-order valence-electron chi connectivity index (χ2n) is 19.3. The Kier molecular flexibility index (Phi) is 8.01. The zero-order chi connectivity index (χ0) is 34.1. The molecule has 9 nitrogen and oxygen atoms in total. The van der Waals surface area contributed by atoms with Gasteiger partial charge < -0.3 is 34.1 Å². The summed E-state index contributed by atoms with van der Waals surface area (Å²) in [6.45, 7) is 20.6. The van der Waals surface area contributed by atoms with E-state index in [1.165, 1.54) is 38.5 Å². The lowest BCUT2D eigenvalue weighted by molar-refractivity contribution is -0.256. The number of amides is 1. The molecule has 2 spiro atoms. The molecule has 9 unspecified atom stereocenters. The number of alkyl carbamates (subject to hydrolysis) is 1. The largest absolute Gasteiger partial charge is 0.441 e. The van der Waals surface area contributed by atoms with Crippen LogP contribution in [0.15, 0.2) is 0 Å². The minimum Gasteiger partial charge on any atom is -0.441 e. The number of cyclic esters (lactones) is 1. The number of carbonyl (C=O) groups is 1. The van der Waals surface area contributed by atoms with Crippen molar-refractivity contribution in [1.29, 1.82) is 0 Å². The molecule has 48 heavy (non-hydrogen) atoms. The Bertz CT molecular complexity index is 1270. The maximum atomic E-state index is 12.2. The average Bonchev–Trinajstić information content (AvgIpc) is 3.51. The van der Waals surface area contributed by atoms with E-state index in [2.05, 4.69) is 44.8 Å². The molecule has 1 amide bonds. The number of morpholine rings is 1. The van der Waals surface area contributed by atoms with Crippen LogP contribution in [0.4, 0.5) is 4.79 Å². The van der Waals surface area contributed by atoms with Crippen LogP contribution in [0.3, 0.4) is 0 Å². The van der Waals surface area contributed by atoms with E-state index in [-0.39, 0.29) is 53.0 Å². The third-order valence-corrected chi connectivity index (χ3v) is 17.1. The molecule has 8 aliphatic rings. The van der Waals surface area contributed by atoms with Crippen molar-refractivity contribution in [2.24, 2.45) is 50.7 Å². The fraction of sp³-hybridized carbons (Fsp3) is 0.974. The standard InChI is InChI=1S/C39H64N2O7/c1-23(17-26(44-8)32-35(4,5)48-33(43)40-32)25-18-29(42)37(7)28-10-9-27-34(2,3)30(47-31-19-41(15-16-46-31)24-20-45-21-24)11-12-38(27)22-39(28,38)14-13-36(25,37)6/h23-32,42H,9-22H2,1-8H3,(H,40,43)/t23-,25-,26?,27+,28?,29+,30?,31?,32?,36?,37?,38?,39?/m1/s1. The van der Waals surface area contributed by atoms with Gasteiger partial charge in [-0.05, 0) is 117 Å². The fourth-order valence-electron chi connectivity index (χ4n) is 14.2. The Morgan fingerprint density at radius 3 is 2.42 bits per heavy atom. The van der Waals surface area contributed by atoms with Crippen LogP contribution in [0, 0.1) is 50.7 Å². The number of hydrogen-bond acceptors (Lipinski definition) is 8. The normalized spacial score (nSPS) is 50.5. The van der Waals surface area contributed by atoms with Gasteiger partial charge in [0, 0.05) is 19.1 Å². The van der Waals surface area contributed by atoms with Gasteiger partial charge in [0.25, 0.3) is 0 Å². The van der Waals surface area contributed by atoms with E-state index in [0.717, 1.165) is 52.2 Å². The number of fused-ring (bicyclic) bond motifs is 2. The Morgan fingerprint density at radius 2 is 1.75 bits per heavy atom. The van der Waals surface area contributed by atoms with Crippen molar-refractivity contribution in [1.82, 2.24) is 10.2 Å². The first-order chi connectivity index (χ1) is 22.6. The van der Waals surface area contributed by atoms with Crippen molar-refractivity contribution in [3.05, 3.63) is 0 Å². The summed E-state index contributed by atoms with van der Waals surface area (Å²) in [7, 11) is 1.76. The van der Waals surface area contributed by atoms with Crippen molar-refractivity contribution in [3.63, 3.8) is 0 Å². The summed E-state index contributed by atoms with van der Waals surface area (Å²) in [4.78, 5) is 14.7. The number of hydrogen-bond donors (Lipinski definition) is 2. The Balaban J connectivity index is 0.983. The van der Waals surface area contributed by atoms with E-state index in [4.69, 9.17) is 23.7 Å². The number of nitrogens with zero attached hydrogens (tertiary/aromatic N) is 1. The first-order valence-electron chi connectivity index (χ1n) is 19.4. The van der Waals surface area contributed by atoms with Crippen LogP contribution in [-0.2, 0) is 23.7 Å². The first kappa shape index (κ1) is 34.1. The van der Waals surface area contributed by atoms with Crippen LogP contribution < -0.4 is 5.32 Å². The Hall–Kier alpha value is -0.970. The van der Waals surface area contributed by atoms with Crippen LogP contribution in [0.1, 0.15) is 106 Å². The maximum Gasteiger partial charge on any atom is 0.408 e. The number of aliphatic hydroxyl groups excluding tert-OH is 1. The summed E-state index contributed by atoms with van der Waals surface area (Å²) >= 11 is 0. The molecule has 5 saturated carbocycles. The highest BCUT2D eigenvalue weighted by molar-refractivity contribution is 5.71. The van der Waals surface area contributed by atoms with Crippen LogP contribution in [0.5, 0.6) is 0 Å². The smallest absolute Gasteiger partial charge is 0.408 e. The summed E-state index contributed by atoms with van der Waals surface area (Å²) in [6.07, 6.45) is 9.58. The minimum absolute atomic E-state index is 0.0626. The second kappa shape index (κ2) is 11.3. The number of ether oxygens (including phenoxy) is 5. The van der Waals surface area contributed by atoms with E-state index in [1.54, 1.807) is 7.11 Å². The van der Waals surface area contributed by atoms with Crippen molar-refractivity contribution < 1.29 is 33.6 Å². The molecule has 272 valence electrons. The summed E-state index contributed by atoms with van der Waals surface area (Å²) in [5.41, 5.74) is 0.156. The molecule has 5 aliphatic carbocycles. The van der Waals surface area contributed by atoms with Crippen molar-refractivity contribution in [2.45, 2.75) is 149 Å². The summed E-state index contributed by atoms with van der Waals surface area (Å²) in [6, 6.07) is 0.330. The monoisotopic (exact) mass is 672 g/mol. The van der Waals surface area contributed by atoms with Crippen LogP contribution >= 0.6 is 0 Å². The molecule has 0 bridgehead atoms. The number of nitrogens with one attached hydrogen (secondary N) is 1. The highest BCUT2D eigenvalue weighted by Crippen LogP contribution is 2.89. The molecule has 13 atom stereocenters. The quantitative estimate of drug-likeness (QED) is 0.336. The van der Waals surface area contributed by atoms with Crippen LogP contribution in [0.25, 0.3) is 0 Å². The third-order valence-electron chi connectivity index (χ3n) is 17.1. The van der Waals surface area contributed by atoms with Gasteiger partial charge >= 0.3 is 6.09 Å². The molecule has 0 radical (unpaired) electrons. The summed E-state index contributed by atoms with van der Waals surface area (Å²) in [5, 5.41) is 15.2. The van der Waals surface area contributed by atoms with Crippen LogP contribution in [0.2, 0.25) is 0 Å². The molecular formula is C39H64N2O7. The van der Waals surface area contributed by atoms with Gasteiger partial charge in [-0.2, -0.15) is 0 Å². The summed E-state index contributed by atoms with van der Waals surface area (Å²) in [5.74, 6) is 1.96. The third kappa shape index (κ3) is 4.58. The van der Waals surface area contributed by atoms with Gasteiger partial charge in [0.2, 0.25) is 0 Å². The molecular weight excluding hydrogens is 608 g/mol. The van der Waals surface area contributed by atoms with Crippen molar-refractivity contribution >= 4 is 6.09 Å². The number of aliphatic hydroxyl groups is 1. The number of rotatable bonds is 8. The maximum absolute atomic E-state index is 12.2. The van der Waals surface area contributed by atoms with Gasteiger partial charge in [-0.25, -0.2) is 4.79 Å².